The number of nitrogens with one attached hydrogen (secondary N) is 3. The van der Waals surface area contributed by atoms with Crippen molar-refractivity contribution in [3.05, 3.63) is 75.2 Å². The second kappa shape index (κ2) is 14.9. The van der Waals surface area contributed by atoms with Gasteiger partial charge < -0.3 is 14.9 Å². The number of aromatic amines is 2. The minimum atomic E-state index is -3.84. The number of nitrogens with zero attached hydrogens (tertiary/aromatic N) is 3. The lowest BCUT2D eigenvalue weighted by atomic mass is 9.74. The summed E-state index contributed by atoms with van der Waals surface area (Å²) < 4.78 is 31.1. The summed E-state index contributed by atoms with van der Waals surface area (Å²) in [6, 6.07) is 10.5. The van der Waals surface area contributed by atoms with Gasteiger partial charge in [0.1, 0.15) is 0 Å². The minimum absolute atomic E-state index is 0.267. The van der Waals surface area contributed by atoms with Gasteiger partial charge in [-0.15, -0.1) is 0 Å². The SMILES string of the molecule is CCC1=C(CC)c2nc1cc1[nH]c(cc3[nH]c(cc4nc5c(cc(S(=O)(=O)NCCN(C)C)cc25)C4(CC)CC)c(CC)c3CC)c(CC)c1CC. The maximum atomic E-state index is 14.1. The fourth-order valence-corrected chi connectivity index (χ4v) is 9.96. The molecule has 0 aliphatic carbocycles. The summed E-state index contributed by atoms with van der Waals surface area (Å²) in [5, 5.41) is 0.793. The van der Waals surface area contributed by atoms with Crippen molar-refractivity contribution in [2.75, 3.05) is 27.2 Å². The van der Waals surface area contributed by atoms with Crippen molar-refractivity contribution in [1.82, 2.24) is 29.6 Å². The smallest absolute Gasteiger partial charge is 0.240 e. The van der Waals surface area contributed by atoms with Crippen LogP contribution < -0.4 is 4.72 Å². The van der Waals surface area contributed by atoms with Gasteiger partial charge in [0.25, 0.3) is 0 Å². The Bertz CT molecular complexity index is 2320. The zero-order valence-corrected chi connectivity index (χ0v) is 33.8. The number of aromatic nitrogens is 4. The van der Waals surface area contributed by atoms with E-state index >= 15 is 0 Å². The van der Waals surface area contributed by atoms with Crippen LogP contribution in [0.2, 0.25) is 0 Å². The fraction of sp³-hybridized carbons (Fsp3) is 0.488. The van der Waals surface area contributed by atoms with Gasteiger partial charge in [0.05, 0.1) is 27.5 Å². The molecule has 0 saturated carbocycles. The van der Waals surface area contributed by atoms with Crippen LogP contribution in [0.1, 0.15) is 126 Å². The molecule has 0 unspecified atom stereocenters. The van der Waals surface area contributed by atoms with Gasteiger partial charge >= 0.3 is 0 Å². The molecule has 0 amide bonds. The van der Waals surface area contributed by atoms with Gasteiger partial charge in [-0.3, -0.25) is 4.98 Å². The Hall–Kier alpha value is -3.79. The van der Waals surface area contributed by atoms with E-state index in [0.717, 1.165) is 113 Å². The quantitative estimate of drug-likeness (QED) is 0.128. The van der Waals surface area contributed by atoms with Crippen molar-refractivity contribution >= 4 is 54.1 Å². The molecular formula is C43H58N6O2S. The van der Waals surface area contributed by atoms with E-state index in [-0.39, 0.29) is 4.90 Å². The monoisotopic (exact) mass is 722 g/mol. The molecule has 8 nitrogen and oxygen atoms in total. The van der Waals surface area contributed by atoms with Crippen molar-refractivity contribution in [2.45, 2.75) is 117 Å². The number of allylic oxidation sites excluding steroid dienone is 2. The van der Waals surface area contributed by atoms with E-state index < -0.39 is 15.4 Å². The second-order valence-corrected chi connectivity index (χ2v) is 16.3. The number of rotatable bonds is 13. The minimum Gasteiger partial charge on any atom is -0.355 e. The molecule has 3 N–H and O–H groups in total. The summed E-state index contributed by atoms with van der Waals surface area (Å²) in [5.41, 5.74) is 16.2. The summed E-state index contributed by atoms with van der Waals surface area (Å²) in [7, 11) is 0.0563. The van der Waals surface area contributed by atoms with Crippen LogP contribution >= 0.6 is 0 Å². The number of aryl methyl sites for hydroxylation is 4. The Morgan fingerprint density at radius 1 is 0.673 bits per heavy atom. The molecule has 4 aromatic rings. The van der Waals surface area contributed by atoms with Crippen LogP contribution in [0.25, 0.3) is 44.1 Å². The molecule has 0 radical (unpaired) electrons. The van der Waals surface area contributed by atoms with Crippen LogP contribution in [-0.2, 0) is 41.1 Å². The van der Waals surface area contributed by atoms with Crippen LogP contribution in [0.3, 0.4) is 0 Å². The van der Waals surface area contributed by atoms with Crippen LogP contribution in [-0.4, -0.2) is 60.4 Å². The van der Waals surface area contributed by atoms with E-state index in [0.29, 0.717) is 13.1 Å². The average molecular weight is 723 g/mol. The summed E-state index contributed by atoms with van der Waals surface area (Å²) >= 11 is 0. The van der Waals surface area contributed by atoms with E-state index in [1.54, 1.807) is 0 Å². The standard InChI is InChI=1S/C43H58N6O2S/c1-11-27-28(12-2)37-24-38-31(15-5)32(16-6)41(47-38)33-21-26(52(50,51)44-19-20-49(9)10)22-34-42(33)48-40(43(34,17-7)18-8)25-39-30(14-4)29(13-3)36(46-39)23-35(27)45-37/h21-25,44-46H,11-20H2,1-10H3. The Morgan fingerprint density at radius 3 is 1.71 bits per heavy atom. The normalized spacial score (nSPS) is 14.4. The molecule has 9 heteroatoms. The zero-order chi connectivity index (χ0) is 37.5. The van der Waals surface area contributed by atoms with E-state index in [2.05, 4.69) is 88.3 Å². The Kier molecular flexibility index (Phi) is 10.9. The first-order valence-corrected chi connectivity index (χ1v) is 21.1. The molecule has 2 aliphatic rings. The van der Waals surface area contributed by atoms with Crippen molar-refractivity contribution in [1.29, 1.82) is 0 Å². The van der Waals surface area contributed by atoms with Crippen LogP contribution in [0.5, 0.6) is 0 Å². The zero-order valence-electron chi connectivity index (χ0n) is 33.0. The molecular weight excluding hydrogens is 665 g/mol. The predicted octanol–water partition coefficient (Wildman–Crippen LogP) is 9.39. The third-order valence-corrected chi connectivity index (χ3v) is 13.1. The third kappa shape index (κ3) is 6.22. The largest absolute Gasteiger partial charge is 0.355 e. The first-order valence-electron chi connectivity index (χ1n) is 19.6. The number of benzene rings is 1. The van der Waals surface area contributed by atoms with E-state index in [4.69, 9.17) is 9.97 Å². The highest BCUT2D eigenvalue weighted by Crippen LogP contribution is 2.48. The second-order valence-electron chi connectivity index (χ2n) is 14.5. The molecule has 2 aliphatic heterocycles. The number of fused-ring (bicyclic) bond motifs is 8. The lowest BCUT2D eigenvalue weighted by Crippen LogP contribution is -2.31. The Balaban J connectivity index is 1.87. The highest BCUT2D eigenvalue weighted by molar-refractivity contribution is 7.89. The van der Waals surface area contributed by atoms with Crippen molar-refractivity contribution < 1.29 is 8.42 Å². The van der Waals surface area contributed by atoms with Crippen molar-refractivity contribution in [3.63, 3.8) is 0 Å². The van der Waals surface area contributed by atoms with Gasteiger partial charge in [0.2, 0.25) is 10.0 Å². The number of likely N-dealkylation sites (N-methyl/N-ethyl adjacent to an activating group) is 1. The highest BCUT2D eigenvalue weighted by Gasteiger charge is 2.40. The van der Waals surface area contributed by atoms with Gasteiger partial charge in [-0.05, 0) is 135 Å². The van der Waals surface area contributed by atoms with Crippen LogP contribution in [0, 0.1) is 0 Å². The molecule has 0 fully saturated rings. The van der Waals surface area contributed by atoms with Gasteiger partial charge in [0, 0.05) is 46.0 Å². The average Bonchev–Trinajstić information content (AvgIpc) is 3.85. The Labute approximate surface area is 310 Å². The topological polar surface area (TPSA) is 107 Å². The highest BCUT2D eigenvalue weighted by atomic mass is 32.2. The lowest BCUT2D eigenvalue weighted by Gasteiger charge is -2.28. The Morgan fingerprint density at radius 2 is 1.21 bits per heavy atom. The van der Waals surface area contributed by atoms with E-state index in [1.807, 2.05) is 31.1 Å². The van der Waals surface area contributed by atoms with Gasteiger partial charge in [0.15, 0.2) is 0 Å². The number of hydrogen-bond acceptors (Lipinski definition) is 5. The maximum Gasteiger partial charge on any atom is 0.240 e. The first-order chi connectivity index (χ1) is 24.9. The third-order valence-electron chi connectivity index (χ3n) is 11.7. The van der Waals surface area contributed by atoms with Crippen molar-refractivity contribution in [3.8, 4) is 0 Å². The van der Waals surface area contributed by atoms with Gasteiger partial charge in [-0.25, -0.2) is 18.1 Å². The molecule has 8 bridgehead atoms. The molecule has 3 aromatic heterocycles. The summed E-state index contributed by atoms with van der Waals surface area (Å²) in [6.07, 6.45) is 6.78. The molecule has 278 valence electrons. The summed E-state index contributed by atoms with van der Waals surface area (Å²) in [6.45, 7) is 18.6. The van der Waals surface area contributed by atoms with Crippen molar-refractivity contribution in [2.24, 2.45) is 0 Å². The molecule has 0 saturated heterocycles. The maximum absolute atomic E-state index is 14.1. The van der Waals surface area contributed by atoms with E-state index in [9.17, 15) is 8.42 Å². The fourth-order valence-electron chi connectivity index (χ4n) is 8.88. The number of sulfonamides is 1. The van der Waals surface area contributed by atoms with Crippen LogP contribution in [0.15, 0.2) is 35.2 Å². The predicted molar refractivity (Wildman–Crippen MR) is 219 cm³/mol. The van der Waals surface area contributed by atoms with Crippen LogP contribution in [0.4, 0.5) is 0 Å². The first kappa shape index (κ1) is 38.0. The molecule has 52 heavy (non-hydrogen) atoms. The number of hydrogen-bond donors (Lipinski definition) is 3. The molecule has 5 heterocycles. The van der Waals surface area contributed by atoms with E-state index in [1.165, 1.54) is 27.8 Å². The molecule has 6 rings (SSSR count). The van der Waals surface area contributed by atoms with Gasteiger partial charge in [-0.1, -0.05) is 55.4 Å². The molecule has 0 spiro atoms. The molecule has 1 aromatic carbocycles. The lowest BCUT2D eigenvalue weighted by molar-refractivity contribution is 0.412. The number of H-pyrrole nitrogens is 2. The summed E-state index contributed by atoms with van der Waals surface area (Å²) in [5.74, 6) is 0. The molecule has 0 atom stereocenters. The summed E-state index contributed by atoms with van der Waals surface area (Å²) in [4.78, 5) is 20.9. The van der Waals surface area contributed by atoms with Gasteiger partial charge in [-0.2, -0.15) is 0 Å².